The summed E-state index contributed by atoms with van der Waals surface area (Å²) < 4.78 is 4.70. The number of carbonyl (C=O) groups excluding carboxylic acids is 2. The Morgan fingerprint density at radius 2 is 2.08 bits per heavy atom. The molecule has 0 spiro atoms. The molecule has 0 rings (SSSR count). The molecular formula is C9H14O3. The second kappa shape index (κ2) is 6.58. The predicted octanol–water partition coefficient (Wildman–Crippen LogP) is 1.47. The van der Waals surface area contributed by atoms with Crippen LogP contribution in [0.25, 0.3) is 0 Å². The number of ketones is 1. The second-order valence-corrected chi connectivity index (χ2v) is 2.53. The number of esters is 1. The van der Waals surface area contributed by atoms with Gasteiger partial charge in [-0.2, -0.15) is 0 Å². The lowest BCUT2D eigenvalue weighted by Gasteiger charge is -1.99. The Morgan fingerprint density at radius 3 is 2.58 bits per heavy atom. The molecule has 0 aromatic rings. The number of hydrogen-bond donors (Lipinski definition) is 0. The molecule has 0 heterocycles. The molecular weight excluding hydrogens is 156 g/mol. The highest BCUT2D eigenvalue weighted by Gasteiger charge is 1.96. The van der Waals surface area contributed by atoms with Gasteiger partial charge in [0.25, 0.3) is 0 Å². The average molecular weight is 170 g/mol. The largest absolute Gasteiger partial charge is 0.463 e. The lowest BCUT2D eigenvalue weighted by molar-refractivity contribution is -0.137. The molecule has 0 aliphatic carbocycles. The highest BCUT2D eigenvalue weighted by molar-refractivity contribution is 5.81. The Kier molecular flexibility index (Phi) is 5.97. The van der Waals surface area contributed by atoms with Crippen LogP contribution in [0.15, 0.2) is 12.7 Å². The molecule has 68 valence electrons. The van der Waals surface area contributed by atoms with Gasteiger partial charge in [0.05, 0.1) is 6.61 Å². The van der Waals surface area contributed by atoms with Crippen LogP contribution in [0.2, 0.25) is 0 Å². The molecule has 0 unspecified atom stereocenters. The number of carbonyl (C=O) groups is 2. The Labute approximate surface area is 72.4 Å². The minimum atomic E-state index is -0.405. The van der Waals surface area contributed by atoms with Gasteiger partial charge in [-0.1, -0.05) is 6.58 Å². The van der Waals surface area contributed by atoms with Gasteiger partial charge in [-0.3, -0.25) is 0 Å². The molecule has 0 aromatic carbocycles. The van der Waals surface area contributed by atoms with Crippen molar-refractivity contribution in [3.63, 3.8) is 0 Å². The molecule has 0 fully saturated rings. The zero-order valence-corrected chi connectivity index (χ0v) is 7.34. The molecule has 3 heteroatoms. The summed E-state index contributed by atoms with van der Waals surface area (Å²) in [7, 11) is 0. The lowest BCUT2D eigenvalue weighted by atomic mass is 10.2. The fourth-order valence-electron chi connectivity index (χ4n) is 0.708. The summed E-state index contributed by atoms with van der Waals surface area (Å²) in [6.45, 7) is 5.18. The maximum atomic E-state index is 10.5. The van der Waals surface area contributed by atoms with Gasteiger partial charge < -0.3 is 9.53 Å². The molecule has 0 saturated heterocycles. The number of hydrogen-bond acceptors (Lipinski definition) is 3. The first-order valence-electron chi connectivity index (χ1n) is 3.95. The summed E-state index contributed by atoms with van der Waals surface area (Å²) in [6.07, 6.45) is 3.20. The van der Waals surface area contributed by atoms with Crippen molar-refractivity contribution in [2.24, 2.45) is 0 Å². The van der Waals surface area contributed by atoms with Crippen molar-refractivity contribution >= 4 is 11.8 Å². The minimum absolute atomic E-state index is 0.171. The number of rotatable bonds is 6. The van der Waals surface area contributed by atoms with E-state index in [1.165, 1.54) is 0 Å². The van der Waals surface area contributed by atoms with Crippen LogP contribution < -0.4 is 0 Å². The van der Waals surface area contributed by atoms with E-state index in [9.17, 15) is 9.59 Å². The van der Waals surface area contributed by atoms with E-state index < -0.39 is 5.97 Å². The maximum Gasteiger partial charge on any atom is 0.330 e. The van der Waals surface area contributed by atoms with Crippen LogP contribution in [0.4, 0.5) is 0 Å². The highest BCUT2D eigenvalue weighted by atomic mass is 16.5. The number of Topliss-reactive ketones (excluding diaryl/α,β-unsaturated/α-hetero) is 1. The summed E-state index contributed by atoms with van der Waals surface area (Å²) in [5.74, 6) is -0.233. The van der Waals surface area contributed by atoms with E-state index >= 15 is 0 Å². The third kappa shape index (κ3) is 6.99. The monoisotopic (exact) mass is 170 g/mol. The molecule has 0 amide bonds. The molecule has 3 nitrogen and oxygen atoms in total. The van der Waals surface area contributed by atoms with Crippen LogP contribution in [0, 0.1) is 0 Å². The van der Waals surface area contributed by atoms with Gasteiger partial charge in [0.15, 0.2) is 0 Å². The molecule has 0 aliphatic rings. The Balaban J connectivity index is 3.16. The standard InChI is InChI=1S/C9H14O3/c1-3-9(11)12-7-5-4-6-8(2)10/h3H,1,4-7H2,2H3. The van der Waals surface area contributed by atoms with Crippen LogP contribution in [0.5, 0.6) is 0 Å². The number of ether oxygens (including phenoxy) is 1. The van der Waals surface area contributed by atoms with E-state index in [0.29, 0.717) is 13.0 Å². The quantitative estimate of drug-likeness (QED) is 0.344. The first-order chi connectivity index (χ1) is 5.66. The van der Waals surface area contributed by atoms with Crippen molar-refractivity contribution in [1.29, 1.82) is 0 Å². The van der Waals surface area contributed by atoms with Crippen molar-refractivity contribution in [2.45, 2.75) is 26.2 Å². The minimum Gasteiger partial charge on any atom is -0.463 e. The summed E-state index contributed by atoms with van der Waals surface area (Å²) in [4.78, 5) is 21.0. The van der Waals surface area contributed by atoms with E-state index in [1.807, 2.05) is 0 Å². The molecule has 0 N–H and O–H groups in total. The Hall–Kier alpha value is -1.12. The van der Waals surface area contributed by atoms with Gasteiger partial charge in [-0.05, 0) is 19.8 Å². The van der Waals surface area contributed by atoms with E-state index in [0.717, 1.165) is 18.9 Å². The van der Waals surface area contributed by atoms with Crippen molar-refractivity contribution in [3.8, 4) is 0 Å². The van der Waals surface area contributed by atoms with Crippen molar-refractivity contribution in [3.05, 3.63) is 12.7 Å². The fraction of sp³-hybridized carbons (Fsp3) is 0.556. The van der Waals surface area contributed by atoms with Crippen molar-refractivity contribution < 1.29 is 14.3 Å². The van der Waals surface area contributed by atoms with E-state index in [-0.39, 0.29) is 5.78 Å². The second-order valence-electron chi connectivity index (χ2n) is 2.53. The molecule has 12 heavy (non-hydrogen) atoms. The maximum absolute atomic E-state index is 10.5. The SMILES string of the molecule is C=CC(=O)OCCCCC(C)=O. The van der Waals surface area contributed by atoms with E-state index in [1.54, 1.807) is 6.92 Å². The summed E-state index contributed by atoms with van der Waals surface area (Å²) in [5, 5.41) is 0. The van der Waals surface area contributed by atoms with Gasteiger partial charge in [0.1, 0.15) is 5.78 Å². The van der Waals surface area contributed by atoms with Gasteiger partial charge >= 0.3 is 5.97 Å². The first kappa shape index (κ1) is 10.9. The summed E-state index contributed by atoms with van der Waals surface area (Å²) >= 11 is 0. The molecule has 0 aromatic heterocycles. The van der Waals surface area contributed by atoms with Crippen molar-refractivity contribution in [1.82, 2.24) is 0 Å². The lowest BCUT2D eigenvalue weighted by Crippen LogP contribution is -2.02. The van der Waals surface area contributed by atoms with E-state index in [4.69, 9.17) is 4.74 Å². The third-order valence-corrected chi connectivity index (χ3v) is 1.33. The fourth-order valence-corrected chi connectivity index (χ4v) is 0.708. The Morgan fingerprint density at radius 1 is 1.42 bits per heavy atom. The topological polar surface area (TPSA) is 43.4 Å². The average Bonchev–Trinajstić information content (AvgIpc) is 2.03. The smallest absolute Gasteiger partial charge is 0.330 e. The summed E-state index contributed by atoms with van der Waals surface area (Å²) in [5.41, 5.74) is 0. The van der Waals surface area contributed by atoms with Crippen LogP contribution in [-0.4, -0.2) is 18.4 Å². The molecule has 0 aliphatic heterocycles. The normalized spacial score (nSPS) is 9.08. The highest BCUT2D eigenvalue weighted by Crippen LogP contribution is 1.96. The van der Waals surface area contributed by atoms with Crippen LogP contribution >= 0.6 is 0 Å². The zero-order chi connectivity index (χ0) is 9.40. The molecule has 0 radical (unpaired) electrons. The van der Waals surface area contributed by atoms with Gasteiger partial charge in [0.2, 0.25) is 0 Å². The first-order valence-corrected chi connectivity index (χ1v) is 3.95. The molecule has 0 atom stereocenters. The predicted molar refractivity (Wildman–Crippen MR) is 45.7 cm³/mol. The van der Waals surface area contributed by atoms with Crippen LogP contribution in [-0.2, 0) is 14.3 Å². The Bertz CT molecular complexity index is 173. The number of unbranched alkanes of at least 4 members (excludes halogenated alkanes) is 1. The van der Waals surface area contributed by atoms with Gasteiger partial charge in [-0.25, -0.2) is 4.79 Å². The van der Waals surface area contributed by atoms with Gasteiger partial charge in [-0.15, -0.1) is 0 Å². The van der Waals surface area contributed by atoms with Gasteiger partial charge in [0, 0.05) is 12.5 Å². The zero-order valence-electron chi connectivity index (χ0n) is 7.34. The third-order valence-electron chi connectivity index (χ3n) is 1.33. The molecule has 0 saturated carbocycles. The summed E-state index contributed by atoms with van der Waals surface area (Å²) in [6, 6.07) is 0. The molecule has 0 bridgehead atoms. The van der Waals surface area contributed by atoms with Crippen molar-refractivity contribution in [2.75, 3.05) is 6.61 Å². The van der Waals surface area contributed by atoms with E-state index in [2.05, 4.69) is 6.58 Å². The van der Waals surface area contributed by atoms with Crippen LogP contribution in [0.1, 0.15) is 26.2 Å². The van der Waals surface area contributed by atoms with Crippen LogP contribution in [0.3, 0.4) is 0 Å².